The Hall–Kier alpha value is 0. The summed E-state index contributed by atoms with van der Waals surface area (Å²) < 4.78 is 0. The monoisotopic (exact) mass is 294 g/mol. The first-order chi connectivity index (χ1) is 9.11. The molecule has 0 radical (unpaired) electrons. The minimum atomic E-state index is 0.268. The third-order valence-electron chi connectivity index (χ3n) is 8.99. The highest BCUT2D eigenvalue weighted by Crippen LogP contribution is 2.66. The van der Waals surface area contributed by atoms with Crippen molar-refractivity contribution >= 4 is 0 Å². The van der Waals surface area contributed by atoms with Crippen LogP contribution in [0.15, 0.2) is 0 Å². The van der Waals surface area contributed by atoms with Gasteiger partial charge in [0, 0.05) is 0 Å². The molecule has 0 atom stereocenters. The highest BCUT2D eigenvalue weighted by Gasteiger charge is 2.59. The van der Waals surface area contributed by atoms with E-state index < -0.39 is 0 Å². The number of hydrogen-bond donors (Lipinski definition) is 0. The van der Waals surface area contributed by atoms with E-state index in [1.54, 1.807) is 0 Å². The van der Waals surface area contributed by atoms with E-state index in [0.717, 1.165) is 5.92 Å². The summed E-state index contributed by atoms with van der Waals surface area (Å²) in [6.45, 7) is 27.4. The second-order valence-corrected chi connectivity index (χ2v) is 10.8. The molecule has 0 amide bonds. The molecule has 21 heavy (non-hydrogen) atoms. The Morgan fingerprint density at radius 1 is 0.524 bits per heavy atom. The summed E-state index contributed by atoms with van der Waals surface area (Å²) >= 11 is 0. The second-order valence-electron chi connectivity index (χ2n) is 10.8. The molecule has 0 aromatic rings. The lowest BCUT2D eigenvalue weighted by molar-refractivity contribution is -0.152. The van der Waals surface area contributed by atoms with E-state index in [1.807, 2.05) is 0 Å². The van der Waals surface area contributed by atoms with E-state index in [4.69, 9.17) is 0 Å². The van der Waals surface area contributed by atoms with Gasteiger partial charge < -0.3 is 0 Å². The molecule has 0 nitrogen and oxygen atoms in total. The average molecular weight is 295 g/mol. The van der Waals surface area contributed by atoms with Crippen LogP contribution >= 0.6 is 0 Å². The molecule has 0 aromatic heterocycles. The lowest BCUT2D eigenvalue weighted by atomic mass is 9.41. The lowest BCUT2D eigenvalue weighted by Gasteiger charge is -2.64. The Labute approximate surface area is 135 Å². The Bertz CT molecular complexity index is 354. The van der Waals surface area contributed by atoms with Gasteiger partial charge in [0.05, 0.1) is 0 Å². The highest BCUT2D eigenvalue weighted by atomic mass is 14.6. The van der Waals surface area contributed by atoms with Crippen molar-refractivity contribution in [3.8, 4) is 0 Å². The molecule has 1 fully saturated rings. The third-order valence-corrected chi connectivity index (χ3v) is 8.99. The van der Waals surface area contributed by atoms with Crippen molar-refractivity contribution in [3.05, 3.63) is 0 Å². The maximum atomic E-state index is 2.55. The number of rotatable bonds is 4. The largest absolute Gasteiger partial charge is 0.0596 e. The summed E-state index contributed by atoms with van der Waals surface area (Å²) in [6, 6.07) is 0. The molecule has 1 saturated carbocycles. The molecule has 1 aliphatic carbocycles. The highest BCUT2D eigenvalue weighted by molar-refractivity contribution is 5.07. The molecule has 0 aliphatic heterocycles. The molecule has 0 bridgehead atoms. The van der Waals surface area contributed by atoms with Gasteiger partial charge in [0.1, 0.15) is 0 Å². The predicted octanol–water partition coefficient (Wildman–Crippen LogP) is 7.33. The molecule has 0 heteroatoms. The van der Waals surface area contributed by atoms with Crippen LogP contribution in [0.3, 0.4) is 0 Å². The van der Waals surface area contributed by atoms with Crippen LogP contribution in [0.25, 0.3) is 0 Å². The van der Waals surface area contributed by atoms with Gasteiger partial charge >= 0.3 is 0 Å². The van der Waals surface area contributed by atoms with Gasteiger partial charge in [-0.3, -0.25) is 0 Å². The maximum Gasteiger partial charge on any atom is -0.0241 e. The smallest absolute Gasteiger partial charge is 0.0241 e. The molecular weight excluding hydrogens is 252 g/mol. The Morgan fingerprint density at radius 2 is 0.905 bits per heavy atom. The molecule has 0 spiro atoms. The summed E-state index contributed by atoms with van der Waals surface area (Å²) in [7, 11) is 0. The van der Waals surface area contributed by atoms with Crippen molar-refractivity contribution < 1.29 is 0 Å². The molecular formula is C21H42. The number of hydrogen-bond acceptors (Lipinski definition) is 0. The second kappa shape index (κ2) is 5.27. The summed E-state index contributed by atoms with van der Waals surface area (Å²) in [5.41, 5.74) is 1.53. The predicted molar refractivity (Wildman–Crippen MR) is 96.5 cm³/mol. The van der Waals surface area contributed by atoms with Gasteiger partial charge in [-0.2, -0.15) is 0 Å². The van der Waals surface area contributed by atoms with E-state index in [0.29, 0.717) is 16.2 Å². The zero-order valence-electron chi connectivity index (χ0n) is 16.9. The summed E-state index contributed by atoms with van der Waals surface area (Å²) in [5.74, 6) is 0.891. The van der Waals surface area contributed by atoms with Gasteiger partial charge in [0.25, 0.3) is 0 Å². The Kier molecular flexibility index (Phi) is 4.78. The van der Waals surface area contributed by atoms with Crippen LogP contribution in [-0.2, 0) is 0 Å². The summed E-state index contributed by atoms with van der Waals surface area (Å²) in [6.07, 6.45) is 5.74. The van der Waals surface area contributed by atoms with Gasteiger partial charge in [-0.25, -0.2) is 0 Å². The molecule has 0 aromatic carbocycles. The average Bonchev–Trinajstić information content (AvgIpc) is 2.80. The van der Waals surface area contributed by atoms with Crippen LogP contribution in [0.5, 0.6) is 0 Å². The Morgan fingerprint density at radius 3 is 1.24 bits per heavy atom. The normalized spacial score (nSPS) is 20.1. The fourth-order valence-electron chi connectivity index (χ4n) is 4.68. The first-order valence-electron chi connectivity index (χ1n) is 9.11. The first kappa shape index (κ1) is 19.0. The van der Waals surface area contributed by atoms with Gasteiger partial charge in [-0.1, -0.05) is 89.0 Å². The molecule has 1 aliphatic rings. The molecule has 0 saturated heterocycles. The fraction of sp³-hybridized carbons (Fsp3) is 1.00. The molecule has 0 heterocycles. The van der Waals surface area contributed by atoms with Gasteiger partial charge in [-0.15, -0.1) is 0 Å². The minimum absolute atomic E-state index is 0.268. The van der Waals surface area contributed by atoms with Gasteiger partial charge in [0.2, 0.25) is 0 Å². The molecule has 0 N–H and O–H groups in total. The topological polar surface area (TPSA) is 0 Å². The zero-order chi connectivity index (χ0) is 16.9. The standard InChI is InChI=1S/C21H42/c1-17(2,3)19(6,7)21(10,11)20(8,9)18(4,5)16-14-12-13-15-16/h16H,12-15H2,1-11H3. The van der Waals surface area contributed by atoms with E-state index in [1.165, 1.54) is 25.7 Å². The minimum Gasteiger partial charge on any atom is -0.0596 e. The maximum absolute atomic E-state index is 2.55. The van der Waals surface area contributed by atoms with E-state index >= 15 is 0 Å². The van der Waals surface area contributed by atoms with Crippen molar-refractivity contribution in [2.75, 3.05) is 0 Å². The van der Waals surface area contributed by atoms with Crippen molar-refractivity contribution in [2.24, 2.45) is 33.0 Å². The van der Waals surface area contributed by atoms with Crippen molar-refractivity contribution in [1.29, 1.82) is 0 Å². The molecule has 0 unspecified atom stereocenters. The third kappa shape index (κ3) is 2.70. The fourth-order valence-corrected chi connectivity index (χ4v) is 4.68. The van der Waals surface area contributed by atoms with Crippen molar-refractivity contribution in [3.63, 3.8) is 0 Å². The van der Waals surface area contributed by atoms with Crippen LogP contribution in [-0.4, -0.2) is 0 Å². The van der Waals surface area contributed by atoms with Gasteiger partial charge in [0.15, 0.2) is 0 Å². The lowest BCUT2D eigenvalue weighted by Crippen LogP contribution is -2.57. The first-order valence-corrected chi connectivity index (χ1v) is 9.11. The van der Waals surface area contributed by atoms with Crippen LogP contribution in [0.2, 0.25) is 0 Å². The SMILES string of the molecule is CC(C)(C)C(C)(C)C(C)(C)C(C)(C)C(C)(C)C1CCCC1. The summed E-state index contributed by atoms with van der Waals surface area (Å²) in [5, 5.41) is 0. The summed E-state index contributed by atoms with van der Waals surface area (Å²) in [4.78, 5) is 0. The quantitative estimate of drug-likeness (QED) is 0.509. The van der Waals surface area contributed by atoms with Crippen LogP contribution < -0.4 is 0 Å². The van der Waals surface area contributed by atoms with Gasteiger partial charge in [-0.05, 0) is 45.8 Å². The van der Waals surface area contributed by atoms with E-state index in [2.05, 4.69) is 76.2 Å². The van der Waals surface area contributed by atoms with Crippen LogP contribution in [0.1, 0.15) is 102 Å². The van der Waals surface area contributed by atoms with Crippen molar-refractivity contribution in [1.82, 2.24) is 0 Å². The van der Waals surface area contributed by atoms with Crippen LogP contribution in [0, 0.1) is 33.0 Å². The molecule has 1 rings (SSSR count). The van der Waals surface area contributed by atoms with E-state index in [9.17, 15) is 0 Å². The molecule has 126 valence electrons. The van der Waals surface area contributed by atoms with E-state index in [-0.39, 0.29) is 10.8 Å². The van der Waals surface area contributed by atoms with Crippen molar-refractivity contribution in [2.45, 2.75) is 102 Å². The van der Waals surface area contributed by atoms with Crippen LogP contribution in [0.4, 0.5) is 0 Å². The zero-order valence-corrected chi connectivity index (χ0v) is 16.9. The Balaban J connectivity index is 3.26.